The van der Waals surface area contributed by atoms with E-state index in [2.05, 4.69) is 5.32 Å². The molecule has 1 heterocycles. The summed E-state index contributed by atoms with van der Waals surface area (Å²) < 4.78 is 5.78. The van der Waals surface area contributed by atoms with Crippen molar-refractivity contribution in [3.8, 4) is 5.75 Å². The van der Waals surface area contributed by atoms with Crippen LogP contribution in [-0.4, -0.2) is 18.7 Å². The van der Waals surface area contributed by atoms with Crippen LogP contribution in [0.2, 0.25) is 5.02 Å². The Kier molecular flexibility index (Phi) is 4.18. The molecule has 0 aliphatic carbocycles. The molecule has 0 saturated heterocycles. The fourth-order valence-corrected chi connectivity index (χ4v) is 2.84. The second-order valence-electron chi connectivity index (χ2n) is 5.83. The number of carbonyl (C=O) groups excluding carboxylic acids is 1. The van der Waals surface area contributed by atoms with E-state index in [0.717, 1.165) is 16.8 Å². The molecule has 0 aromatic heterocycles. The van der Waals surface area contributed by atoms with E-state index in [1.807, 2.05) is 39.0 Å². The summed E-state index contributed by atoms with van der Waals surface area (Å²) in [7, 11) is 0. The average Bonchev–Trinajstić information content (AvgIpc) is 2.51. The quantitative estimate of drug-likeness (QED) is 0.817. The van der Waals surface area contributed by atoms with Crippen molar-refractivity contribution in [2.75, 3.05) is 16.8 Å². The number of anilines is 2. The lowest BCUT2D eigenvalue weighted by molar-refractivity contribution is 0.208. The minimum absolute atomic E-state index is 0.0759. The van der Waals surface area contributed by atoms with Gasteiger partial charge in [-0.2, -0.15) is 0 Å². The first-order valence-corrected chi connectivity index (χ1v) is 7.94. The molecular weight excluding hydrogens is 312 g/mol. The third-order valence-electron chi connectivity index (χ3n) is 4.07. The van der Waals surface area contributed by atoms with Crippen LogP contribution in [0.25, 0.3) is 0 Å². The van der Waals surface area contributed by atoms with Gasteiger partial charge in [-0.05, 0) is 56.2 Å². The van der Waals surface area contributed by atoms with E-state index in [0.29, 0.717) is 23.0 Å². The van der Waals surface area contributed by atoms with Crippen LogP contribution in [-0.2, 0) is 0 Å². The Labute approximate surface area is 141 Å². The lowest BCUT2D eigenvalue weighted by Crippen LogP contribution is -2.44. The maximum absolute atomic E-state index is 12.8. The Balaban J connectivity index is 1.91. The summed E-state index contributed by atoms with van der Waals surface area (Å²) in [6, 6.07) is 11.0. The van der Waals surface area contributed by atoms with Gasteiger partial charge in [-0.25, -0.2) is 4.79 Å². The first-order valence-electron chi connectivity index (χ1n) is 7.56. The number of amides is 2. The van der Waals surface area contributed by atoms with Crippen LogP contribution >= 0.6 is 11.6 Å². The highest BCUT2D eigenvalue weighted by atomic mass is 35.5. The summed E-state index contributed by atoms with van der Waals surface area (Å²) in [5, 5.41) is 3.57. The van der Waals surface area contributed by atoms with Gasteiger partial charge in [-0.3, -0.25) is 4.90 Å². The van der Waals surface area contributed by atoms with Crippen molar-refractivity contribution >= 4 is 29.0 Å². The van der Waals surface area contributed by atoms with Gasteiger partial charge < -0.3 is 10.1 Å². The number of halogens is 1. The van der Waals surface area contributed by atoms with Crippen molar-refractivity contribution in [2.45, 2.75) is 26.9 Å². The second-order valence-corrected chi connectivity index (χ2v) is 6.27. The lowest BCUT2D eigenvalue weighted by Gasteiger charge is -2.33. The normalized spacial score (nSPS) is 16.5. The molecule has 1 atom stereocenters. The van der Waals surface area contributed by atoms with Gasteiger partial charge in [0.25, 0.3) is 0 Å². The van der Waals surface area contributed by atoms with Crippen molar-refractivity contribution in [1.82, 2.24) is 0 Å². The molecule has 0 spiro atoms. The van der Waals surface area contributed by atoms with Crippen LogP contribution in [0.3, 0.4) is 0 Å². The van der Waals surface area contributed by atoms with Gasteiger partial charge in [0, 0.05) is 10.7 Å². The maximum Gasteiger partial charge on any atom is 0.326 e. The number of hydrogen-bond donors (Lipinski definition) is 1. The van der Waals surface area contributed by atoms with Crippen LogP contribution in [0, 0.1) is 13.8 Å². The van der Waals surface area contributed by atoms with E-state index in [-0.39, 0.29) is 12.1 Å². The maximum atomic E-state index is 12.8. The first kappa shape index (κ1) is 15.7. The Morgan fingerprint density at radius 1 is 1.30 bits per heavy atom. The molecule has 1 aliphatic heterocycles. The van der Waals surface area contributed by atoms with Gasteiger partial charge in [0.1, 0.15) is 11.9 Å². The van der Waals surface area contributed by atoms with Gasteiger partial charge in [0.2, 0.25) is 0 Å². The van der Waals surface area contributed by atoms with E-state index in [1.54, 1.807) is 23.1 Å². The van der Waals surface area contributed by atoms with Crippen molar-refractivity contribution in [1.29, 1.82) is 0 Å². The molecule has 0 saturated carbocycles. The van der Waals surface area contributed by atoms with Crippen molar-refractivity contribution in [2.24, 2.45) is 0 Å². The highest BCUT2D eigenvalue weighted by molar-refractivity contribution is 6.31. The smallest absolute Gasteiger partial charge is 0.326 e. The topological polar surface area (TPSA) is 41.6 Å². The molecule has 0 fully saturated rings. The number of nitrogens with zero attached hydrogens (tertiary/aromatic N) is 1. The summed E-state index contributed by atoms with van der Waals surface area (Å²) in [6.07, 6.45) is -0.0759. The summed E-state index contributed by atoms with van der Waals surface area (Å²) in [6.45, 7) is 6.44. The largest absolute Gasteiger partial charge is 0.487 e. The van der Waals surface area contributed by atoms with Crippen molar-refractivity contribution < 1.29 is 9.53 Å². The van der Waals surface area contributed by atoms with E-state index in [4.69, 9.17) is 16.3 Å². The average molecular weight is 331 g/mol. The van der Waals surface area contributed by atoms with Crippen molar-refractivity contribution in [3.05, 3.63) is 52.5 Å². The Morgan fingerprint density at radius 3 is 2.87 bits per heavy atom. The number of aryl methyl sites for hydroxylation is 1. The van der Waals surface area contributed by atoms with E-state index >= 15 is 0 Å². The van der Waals surface area contributed by atoms with E-state index in [9.17, 15) is 4.79 Å². The zero-order chi connectivity index (χ0) is 16.6. The number of rotatable bonds is 1. The van der Waals surface area contributed by atoms with Gasteiger partial charge in [0.15, 0.2) is 0 Å². The van der Waals surface area contributed by atoms with Crippen LogP contribution in [0.15, 0.2) is 36.4 Å². The molecular formula is C18H19ClN2O2. The van der Waals surface area contributed by atoms with Gasteiger partial charge in [-0.15, -0.1) is 0 Å². The standard InChI is InChI=1S/C18H19ClN2O2/c1-11-5-4-6-15(13(11)3)20-18(22)21-10-12(2)23-17-8-7-14(19)9-16(17)21/h4-9,12H,10H2,1-3H3,(H,20,22)/t12-/m1/s1. The number of carbonyl (C=O) groups is 1. The molecule has 0 radical (unpaired) electrons. The number of fused-ring (bicyclic) bond motifs is 1. The lowest BCUT2D eigenvalue weighted by atomic mass is 10.1. The van der Waals surface area contributed by atoms with Crippen LogP contribution in [0.4, 0.5) is 16.2 Å². The fraction of sp³-hybridized carbons (Fsp3) is 0.278. The van der Waals surface area contributed by atoms with Crippen LogP contribution in [0.1, 0.15) is 18.1 Å². The summed E-state index contributed by atoms with van der Waals surface area (Å²) in [5.41, 5.74) is 3.71. The van der Waals surface area contributed by atoms with E-state index < -0.39 is 0 Å². The zero-order valence-corrected chi connectivity index (χ0v) is 14.1. The molecule has 3 rings (SSSR count). The summed E-state index contributed by atoms with van der Waals surface area (Å²) in [4.78, 5) is 14.4. The first-order chi connectivity index (χ1) is 11.0. The SMILES string of the molecule is Cc1cccc(NC(=O)N2C[C@@H](C)Oc3ccc(Cl)cc32)c1C. The molecule has 1 N–H and O–H groups in total. The molecule has 0 bridgehead atoms. The molecule has 2 aromatic carbocycles. The van der Waals surface area contributed by atoms with Crippen molar-refractivity contribution in [3.63, 3.8) is 0 Å². The molecule has 2 amide bonds. The molecule has 1 aliphatic rings. The summed E-state index contributed by atoms with van der Waals surface area (Å²) >= 11 is 6.08. The highest BCUT2D eigenvalue weighted by Crippen LogP contribution is 2.36. The number of hydrogen-bond acceptors (Lipinski definition) is 2. The number of ether oxygens (including phenoxy) is 1. The Bertz CT molecular complexity index is 761. The third kappa shape index (κ3) is 3.13. The zero-order valence-electron chi connectivity index (χ0n) is 13.4. The molecule has 5 heteroatoms. The fourth-order valence-electron chi connectivity index (χ4n) is 2.67. The predicted octanol–water partition coefficient (Wildman–Crippen LogP) is 4.78. The molecule has 23 heavy (non-hydrogen) atoms. The van der Waals surface area contributed by atoms with Gasteiger partial charge in [-0.1, -0.05) is 23.7 Å². The number of urea groups is 1. The molecule has 0 unspecified atom stereocenters. The number of nitrogens with one attached hydrogen (secondary N) is 1. The van der Waals surface area contributed by atoms with E-state index in [1.165, 1.54) is 0 Å². The van der Waals surface area contributed by atoms with Gasteiger partial charge in [0.05, 0.1) is 12.2 Å². The Morgan fingerprint density at radius 2 is 2.09 bits per heavy atom. The predicted molar refractivity (Wildman–Crippen MR) is 93.8 cm³/mol. The highest BCUT2D eigenvalue weighted by Gasteiger charge is 2.28. The van der Waals surface area contributed by atoms with Crippen LogP contribution in [0.5, 0.6) is 5.75 Å². The molecule has 120 valence electrons. The second kappa shape index (κ2) is 6.13. The monoisotopic (exact) mass is 330 g/mol. The third-order valence-corrected chi connectivity index (χ3v) is 4.31. The minimum Gasteiger partial charge on any atom is -0.487 e. The minimum atomic E-state index is -0.183. The number of benzene rings is 2. The van der Waals surface area contributed by atoms with Crippen LogP contribution < -0.4 is 15.0 Å². The molecule has 4 nitrogen and oxygen atoms in total. The molecule has 2 aromatic rings. The Hall–Kier alpha value is -2.20. The summed E-state index contributed by atoms with van der Waals surface area (Å²) in [5.74, 6) is 0.671. The van der Waals surface area contributed by atoms with Gasteiger partial charge >= 0.3 is 6.03 Å².